The molecule has 3 atom stereocenters. The summed E-state index contributed by atoms with van der Waals surface area (Å²) in [5.41, 5.74) is 0.0217. The second-order valence-corrected chi connectivity index (χ2v) is 9.03. The van der Waals surface area contributed by atoms with Crippen LogP contribution in [0.2, 0.25) is 0 Å². The summed E-state index contributed by atoms with van der Waals surface area (Å²) in [5, 5.41) is 6.71. The Morgan fingerprint density at radius 3 is 2.52 bits per heavy atom. The molecule has 0 bridgehead atoms. The van der Waals surface area contributed by atoms with Gasteiger partial charge in [-0.3, -0.25) is 0 Å². The van der Waals surface area contributed by atoms with Gasteiger partial charge in [-0.25, -0.2) is 4.79 Å². The fourth-order valence-corrected chi connectivity index (χ4v) is 3.61. The van der Waals surface area contributed by atoms with Gasteiger partial charge in [-0.15, -0.1) is 0 Å². The highest BCUT2D eigenvalue weighted by molar-refractivity contribution is 5.67. The predicted molar refractivity (Wildman–Crippen MR) is 96.7 cm³/mol. The zero-order valence-corrected chi connectivity index (χ0v) is 16.3. The monoisotopic (exact) mass is 326 g/mol. The first-order valence-electron chi connectivity index (χ1n) is 9.25. The second-order valence-electron chi connectivity index (χ2n) is 9.03. The van der Waals surface area contributed by atoms with Crippen LogP contribution in [-0.2, 0) is 4.74 Å². The molecular weight excluding hydrogens is 288 g/mol. The third-order valence-electron chi connectivity index (χ3n) is 4.67. The lowest BCUT2D eigenvalue weighted by Gasteiger charge is -2.41. The number of amides is 1. The third kappa shape index (κ3) is 8.05. The molecule has 0 saturated heterocycles. The molecule has 0 aromatic carbocycles. The average molecular weight is 327 g/mol. The van der Waals surface area contributed by atoms with Crippen LogP contribution in [0.15, 0.2) is 0 Å². The molecular formula is C19H38N2O2. The van der Waals surface area contributed by atoms with E-state index >= 15 is 0 Å². The van der Waals surface area contributed by atoms with Crippen LogP contribution in [0.5, 0.6) is 0 Å². The van der Waals surface area contributed by atoms with Crippen LogP contribution in [0.25, 0.3) is 0 Å². The maximum atomic E-state index is 11.8. The zero-order chi connectivity index (χ0) is 17.7. The first-order valence-corrected chi connectivity index (χ1v) is 9.25. The summed E-state index contributed by atoms with van der Waals surface area (Å²) in [6.45, 7) is 15.6. The van der Waals surface area contributed by atoms with Crippen molar-refractivity contribution in [1.29, 1.82) is 0 Å². The molecule has 1 aliphatic rings. The van der Waals surface area contributed by atoms with E-state index in [1.54, 1.807) is 0 Å². The van der Waals surface area contributed by atoms with E-state index in [9.17, 15) is 4.79 Å². The molecule has 1 fully saturated rings. The molecule has 0 heterocycles. The molecule has 4 nitrogen and oxygen atoms in total. The van der Waals surface area contributed by atoms with Gasteiger partial charge in [0.25, 0.3) is 0 Å². The molecule has 1 aliphatic carbocycles. The minimum absolute atomic E-state index is 0.321. The van der Waals surface area contributed by atoms with Crippen molar-refractivity contribution in [3.8, 4) is 0 Å². The summed E-state index contributed by atoms with van der Waals surface area (Å²) in [4.78, 5) is 11.8. The highest BCUT2D eigenvalue weighted by Gasteiger charge is 2.33. The van der Waals surface area contributed by atoms with Gasteiger partial charge in [0.1, 0.15) is 5.60 Å². The Kier molecular flexibility index (Phi) is 7.37. The Bertz CT molecular complexity index is 374. The van der Waals surface area contributed by atoms with Crippen molar-refractivity contribution in [2.24, 2.45) is 11.3 Å². The summed E-state index contributed by atoms with van der Waals surface area (Å²) < 4.78 is 5.33. The molecule has 3 unspecified atom stereocenters. The molecule has 4 heteroatoms. The van der Waals surface area contributed by atoms with E-state index in [0.717, 1.165) is 12.8 Å². The maximum absolute atomic E-state index is 11.8. The van der Waals surface area contributed by atoms with Crippen molar-refractivity contribution in [3.05, 3.63) is 0 Å². The van der Waals surface area contributed by atoms with E-state index < -0.39 is 5.60 Å². The Morgan fingerprint density at radius 2 is 2.00 bits per heavy atom. The summed E-state index contributed by atoms with van der Waals surface area (Å²) in [5.74, 6) is 0.680. The Morgan fingerprint density at radius 1 is 1.35 bits per heavy atom. The van der Waals surface area contributed by atoms with Gasteiger partial charge in [0, 0.05) is 18.6 Å². The fraction of sp³-hybridized carbons (Fsp3) is 0.947. The van der Waals surface area contributed by atoms with Crippen LogP contribution in [-0.4, -0.2) is 30.3 Å². The quantitative estimate of drug-likeness (QED) is 0.756. The molecule has 0 aromatic rings. The molecule has 0 radical (unpaired) electrons. The highest BCUT2D eigenvalue weighted by atomic mass is 16.6. The van der Waals surface area contributed by atoms with Crippen molar-refractivity contribution < 1.29 is 9.53 Å². The molecule has 2 N–H and O–H groups in total. The van der Waals surface area contributed by atoms with E-state index in [-0.39, 0.29) is 6.09 Å². The Balaban J connectivity index is 2.47. The SMILES string of the molecule is CCCC(CNC(=O)OC(C)(C)C)NC1CCC(C)(C)CC1C. The van der Waals surface area contributed by atoms with E-state index in [1.807, 2.05) is 20.8 Å². The van der Waals surface area contributed by atoms with Crippen molar-refractivity contribution in [2.45, 2.75) is 98.3 Å². The van der Waals surface area contributed by atoms with Crippen molar-refractivity contribution in [2.75, 3.05) is 6.54 Å². The topological polar surface area (TPSA) is 50.4 Å². The number of nitrogens with one attached hydrogen (secondary N) is 2. The van der Waals surface area contributed by atoms with Crippen LogP contribution in [0.4, 0.5) is 4.79 Å². The smallest absolute Gasteiger partial charge is 0.407 e. The molecule has 23 heavy (non-hydrogen) atoms. The van der Waals surface area contributed by atoms with Crippen LogP contribution in [0, 0.1) is 11.3 Å². The molecule has 136 valence electrons. The van der Waals surface area contributed by atoms with Gasteiger partial charge in [0.05, 0.1) is 0 Å². The maximum Gasteiger partial charge on any atom is 0.407 e. The van der Waals surface area contributed by atoms with Crippen LogP contribution < -0.4 is 10.6 Å². The number of alkyl carbamates (subject to hydrolysis) is 1. The van der Waals surface area contributed by atoms with Gasteiger partial charge in [0.15, 0.2) is 0 Å². The fourth-order valence-electron chi connectivity index (χ4n) is 3.61. The molecule has 0 aliphatic heterocycles. The number of carbonyl (C=O) groups excluding carboxylic acids is 1. The normalized spacial score (nSPS) is 25.7. The van der Waals surface area contributed by atoms with Crippen LogP contribution >= 0.6 is 0 Å². The lowest BCUT2D eigenvalue weighted by atomic mass is 9.70. The summed E-state index contributed by atoms with van der Waals surface area (Å²) >= 11 is 0. The summed E-state index contributed by atoms with van der Waals surface area (Å²) in [6.07, 6.45) is 5.62. The highest BCUT2D eigenvalue weighted by Crippen LogP contribution is 2.38. The standard InChI is InChI=1S/C19H38N2O2/c1-8-9-15(13-20-17(22)23-18(3,4)5)21-16-10-11-19(6,7)12-14(16)2/h14-16,21H,8-13H2,1-7H3,(H,20,22). The largest absolute Gasteiger partial charge is 0.444 e. The second kappa shape index (κ2) is 8.36. The van der Waals surface area contributed by atoms with Crippen molar-refractivity contribution in [3.63, 3.8) is 0 Å². The molecule has 1 rings (SSSR count). The Labute approximate surface area is 143 Å². The minimum atomic E-state index is -0.443. The number of hydrogen-bond acceptors (Lipinski definition) is 3. The van der Waals surface area contributed by atoms with Crippen LogP contribution in [0.1, 0.15) is 80.6 Å². The van der Waals surface area contributed by atoms with Crippen molar-refractivity contribution in [1.82, 2.24) is 10.6 Å². The molecule has 0 aromatic heterocycles. The number of rotatable bonds is 6. The van der Waals surface area contributed by atoms with Gasteiger partial charge < -0.3 is 15.4 Å². The van der Waals surface area contributed by atoms with E-state index in [0.29, 0.717) is 30.0 Å². The minimum Gasteiger partial charge on any atom is -0.444 e. The van der Waals surface area contributed by atoms with Gasteiger partial charge in [-0.2, -0.15) is 0 Å². The molecule has 1 saturated carbocycles. The van der Waals surface area contributed by atoms with Gasteiger partial charge in [0.2, 0.25) is 0 Å². The van der Waals surface area contributed by atoms with Crippen molar-refractivity contribution >= 4 is 6.09 Å². The molecule has 0 spiro atoms. The third-order valence-corrected chi connectivity index (χ3v) is 4.67. The first kappa shape index (κ1) is 20.3. The van der Waals surface area contributed by atoms with E-state index in [4.69, 9.17) is 4.74 Å². The lowest BCUT2D eigenvalue weighted by Crippen LogP contribution is -2.50. The van der Waals surface area contributed by atoms with E-state index in [2.05, 4.69) is 38.3 Å². The van der Waals surface area contributed by atoms with Gasteiger partial charge in [-0.1, -0.05) is 34.1 Å². The first-order chi connectivity index (χ1) is 10.5. The number of hydrogen-bond donors (Lipinski definition) is 2. The average Bonchev–Trinajstić information content (AvgIpc) is 2.36. The van der Waals surface area contributed by atoms with Crippen LogP contribution in [0.3, 0.4) is 0 Å². The van der Waals surface area contributed by atoms with Gasteiger partial charge >= 0.3 is 6.09 Å². The van der Waals surface area contributed by atoms with Gasteiger partial charge in [-0.05, 0) is 57.8 Å². The summed E-state index contributed by atoms with van der Waals surface area (Å²) in [6, 6.07) is 0.876. The summed E-state index contributed by atoms with van der Waals surface area (Å²) in [7, 11) is 0. The Hall–Kier alpha value is -0.770. The van der Waals surface area contributed by atoms with E-state index in [1.165, 1.54) is 19.3 Å². The number of carbonyl (C=O) groups is 1. The zero-order valence-electron chi connectivity index (χ0n) is 16.3. The molecule has 1 amide bonds. The lowest BCUT2D eigenvalue weighted by molar-refractivity contribution is 0.0518. The number of ether oxygens (including phenoxy) is 1. The predicted octanol–water partition coefficient (Wildman–Crippen LogP) is 4.48.